The Hall–Kier alpha value is -2.89. The van der Waals surface area contributed by atoms with Crippen LogP contribution in [-0.2, 0) is 16.6 Å². The predicted molar refractivity (Wildman–Crippen MR) is 116 cm³/mol. The number of non-ortho nitro benzene ring substituents is 1. The fraction of sp³-hybridized carbons (Fsp3) is 0.300. The Balaban J connectivity index is 1.67. The summed E-state index contributed by atoms with van der Waals surface area (Å²) in [5, 5.41) is 11.1. The second kappa shape index (κ2) is 7.98. The minimum atomic E-state index is -3.58. The summed E-state index contributed by atoms with van der Waals surface area (Å²) in [7, 11) is -2.02. The monoisotopic (exact) mass is 460 g/mol. The molecule has 3 aromatic rings. The summed E-state index contributed by atoms with van der Waals surface area (Å²) in [5.41, 5.74) is 0.871. The fourth-order valence-electron chi connectivity index (χ4n) is 3.28. The predicted octanol–water partition coefficient (Wildman–Crippen LogP) is 3.15. The van der Waals surface area contributed by atoms with E-state index in [-0.39, 0.29) is 22.2 Å². The number of nitro groups is 1. The number of aryl methyl sites for hydroxylation is 1. The Morgan fingerprint density at radius 2 is 1.94 bits per heavy atom. The molecule has 1 fully saturated rings. The molecule has 1 amide bonds. The Bertz CT molecular complexity index is 1350. The van der Waals surface area contributed by atoms with Crippen LogP contribution in [0.5, 0.6) is 0 Å². The number of benzene rings is 2. The molecule has 0 spiro atoms. The molecule has 1 heterocycles. The highest BCUT2D eigenvalue weighted by molar-refractivity contribution is 7.89. The maximum Gasteiger partial charge on any atom is 0.279 e. The molecule has 0 N–H and O–H groups in total. The summed E-state index contributed by atoms with van der Waals surface area (Å²) in [5.74, 6) is -0.511. The summed E-state index contributed by atoms with van der Waals surface area (Å²) in [6.07, 6.45) is 1.72. The molecule has 1 aliphatic carbocycles. The Kier molecular flexibility index (Phi) is 5.50. The minimum absolute atomic E-state index is 0.0293. The van der Waals surface area contributed by atoms with E-state index < -0.39 is 20.9 Å². The first-order chi connectivity index (χ1) is 14.7. The number of sulfonamides is 1. The smallest absolute Gasteiger partial charge is 0.279 e. The normalized spacial score (nSPS) is 15.0. The Morgan fingerprint density at radius 3 is 2.52 bits per heavy atom. The number of amides is 1. The van der Waals surface area contributed by atoms with Crippen molar-refractivity contribution in [3.8, 4) is 0 Å². The molecule has 9 nitrogen and oxygen atoms in total. The van der Waals surface area contributed by atoms with Gasteiger partial charge in [0, 0.05) is 37.3 Å². The molecule has 0 unspecified atom stereocenters. The Labute approximate surface area is 182 Å². The summed E-state index contributed by atoms with van der Waals surface area (Å²) in [4.78, 5) is 28.1. The van der Waals surface area contributed by atoms with Crippen molar-refractivity contribution >= 4 is 43.2 Å². The number of carbonyl (C=O) groups is 1. The first-order valence-corrected chi connectivity index (χ1v) is 11.9. The van der Waals surface area contributed by atoms with Gasteiger partial charge in [-0.15, -0.1) is 0 Å². The fourth-order valence-corrected chi connectivity index (χ4v) is 5.77. The van der Waals surface area contributed by atoms with Crippen LogP contribution in [0.25, 0.3) is 10.2 Å². The topological polar surface area (TPSA) is 115 Å². The van der Waals surface area contributed by atoms with Crippen molar-refractivity contribution in [2.45, 2.75) is 37.2 Å². The number of rotatable bonds is 6. The van der Waals surface area contributed by atoms with Gasteiger partial charge < -0.3 is 4.57 Å². The minimum Gasteiger partial charge on any atom is -0.316 e. The lowest BCUT2D eigenvalue weighted by atomic mass is 10.2. The summed E-state index contributed by atoms with van der Waals surface area (Å²) in [6, 6.07) is 10.3. The molecule has 0 saturated heterocycles. The number of hydrogen-bond donors (Lipinski definition) is 0. The van der Waals surface area contributed by atoms with E-state index in [9.17, 15) is 23.3 Å². The molecule has 1 aliphatic rings. The van der Waals surface area contributed by atoms with Crippen LogP contribution in [0.1, 0.15) is 30.1 Å². The number of aromatic nitrogens is 1. The van der Waals surface area contributed by atoms with Crippen molar-refractivity contribution < 1.29 is 18.1 Å². The van der Waals surface area contributed by atoms with Gasteiger partial charge in [-0.3, -0.25) is 14.9 Å². The molecular weight excluding hydrogens is 440 g/mol. The first-order valence-electron chi connectivity index (χ1n) is 9.67. The maximum atomic E-state index is 12.7. The lowest BCUT2D eigenvalue weighted by Crippen LogP contribution is -2.28. The highest BCUT2D eigenvalue weighted by atomic mass is 32.2. The van der Waals surface area contributed by atoms with Crippen molar-refractivity contribution in [1.29, 1.82) is 0 Å². The van der Waals surface area contributed by atoms with Crippen molar-refractivity contribution in [1.82, 2.24) is 8.87 Å². The van der Waals surface area contributed by atoms with Gasteiger partial charge in [0.15, 0.2) is 4.80 Å². The Morgan fingerprint density at radius 1 is 1.26 bits per heavy atom. The third kappa shape index (κ3) is 4.03. The van der Waals surface area contributed by atoms with E-state index in [4.69, 9.17) is 0 Å². The zero-order valence-electron chi connectivity index (χ0n) is 16.9. The van der Waals surface area contributed by atoms with Gasteiger partial charge in [0.1, 0.15) is 0 Å². The van der Waals surface area contributed by atoms with Crippen LogP contribution in [0.2, 0.25) is 0 Å². The van der Waals surface area contributed by atoms with E-state index in [1.165, 1.54) is 52.0 Å². The quantitative estimate of drug-likeness (QED) is 0.414. The molecule has 31 heavy (non-hydrogen) atoms. The molecule has 2 aromatic carbocycles. The average molecular weight is 461 g/mol. The molecule has 1 saturated carbocycles. The zero-order valence-corrected chi connectivity index (χ0v) is 18.5. The molecule has 11 heteroatoms. The van der Waals surface area contributed by atoms with Crippen LogP contribution in [0.15, 0.2) is 52.4 Å². The largest absolute Gasteiger partial charge is 0.316 e. The van der Waals surface area contributed by atoms with E-state index in [1.807, 2.05) is 6.92 Å². The van der Waals surface area contributed by atoms with Gasteiger partial charge >= 0.3 is 0 Å². The molecular formula is C20H20N4O5S2. The molecule has 162 valence electrons. The van der Waals surface area contributed by atoms with Crippen LogP contribution < -0.4 is 4.80 Å². The van der Waals surface area contributed by atoms with E-state index in [0.29, 0.717) is 16.9 Å². The SMILES string of the molecule is CCn1c(=NC(=O)c2ccc(S(=O)(=O)N(C)C3CC3)cc2)sc2ccc([N+](=O)[O-])cc21. The average Bonchev–Trinajstić information content (AvgIpc) is 3.54. The van der Waals surface area contributed by atoms with Crippen molar-refractivity contribution in [3.63, 3.8) is 0 Å². The van der Waals surface area contributed by atoms with Crippen LogP contribution in [0.3, 0.4) is 0 Å². The van der Waals surface area contributed by atoms with E-state index in [1.54, 1.807) is 17.7 Å². The number of hydrogen-bond acceptors (Lipinski definition) is 6. The lowest BCUT2D eigenvalue weighted by Gasteiger charge is -2.16. The van der Waals surface area contributed by atoms with Gasteiger partial charge in [0.05, 0.1) is 20.0 Å². The molecule has 4 rings (SSSR count). The number of fused-ring (bicyclic) bond motifs is 1. The van der Waals surface area contributed by atoms with Gasteiger partial charge in [0.2, 0.25) is 10.0 Å². The van der Waals surface area contributed by atoms with Crippen molar-refractivity contribution in [2.24, 2.45) is 4.99 Å². The van der Waals surface area contributed by atoms with Crippen LogP contribution in [0, 0.1) is 10.1 Å². The summed E-state index contributed by atoms with van der Waals surface area (Å²) in [6.45, 7) is 2.35. The molecule has 0 atom stereocenters. The van der Waals surface area contributed by atoms with E-state index in [2.05, 4.69) is 4.99 Å². The molecule has 0 aliphatic heterocycles. The van der Waals surface area contributed by atoms with Gasteiger partial charge in [-0.1, -0.05) is 11.3 Å². The van der Waals surface area contributed by atoms with Crippen molar-refractivity contribution in [2.75, 3.05) is 7.05 Å². The second-order valence-corrected chi connectivity index (χ2v) is 10.2. The van der Waals surface area contributed by atoms with Crippen molar-refractivity contribution in [3.05, 3.63) is 62.9 Å². The van der Waals surface area contributed by atoms with E-state index >= 15 is 0 Å². The lowest BCUT2D eigenvalue weighted by molar-refractivity contribution is -0.384. The first kappa shape index (κ1) is 21.3. The van der Waals surface area contributed by atoms with Crippen LogP contribution >= 0.6 is 11.3 Å². The molecule has 1 aromatic heterocycles. The van der Waals surface area contributed by atoms with E-state index in [0.717, 1.165) is 17.5 Å². The molecule has 0 bridgehead atoms. The maximum absolute atomic E-state index is 12.7. The standard InChI is InChI=1S/C20H20N4O5S2/c1-3-23-17-12-15(24(26)27)8-11-18(17)30-20(23)21-19(25)13-4-9-16(10-5-13)31(28,29)22(2)14-6-7-14/h4-5,8-12,14H,3,6-7H2,1-2H3. The van der Waals surface area contributed by atoms with Crippen LogP contribution in [-0.4, -0.2) is 41.2 Å². The summed E-state index contributed by atoms with van der Waals surface area (Å²) < 4.78 is 29.1. The van der Waals surface area contributed by atoms with Gasteiger partial charge in [0.25, 0.3) is 11.6 Å². The van der Waals surface area contributed by atoms with Crippen LogP contribution in [0.4, 0.5) is 5.69 Å². The summed E-state index contributed by atoms with van der Waals surface area (Å²) >= 11 is 1.26. The highest BCUT2D eigenvalue weighted by Gasteiger charge is 2.35. The third-order valence-electron chi connectivity index (χ3n) is 5.23. The second-order valence-electron chi connectivity index (χ2n) is 7.23. The number of carbonyl (C=O) groups excluding carboxylic acids is 1. The number of thiazole rings is 1. The van der Waals surface area contributed by atoms with Gasteiger partial charge in [-0.25, -0.2) is 8.42 Å². The van der Waals surface area contributed by atoms with Gasteiger partial charge in [-0.2, -0.15) is 9.30 Å². The number of nitrogens with zero attached hydrogens (tertiary/aromatic N) is 4. The molecule has 0 radical (unpaired) electrons. The highest BCUT2D eigenvalue weighted by Crippen LogP contribution is 2.30. The van der Waals surface area contributed by atoms with Gasteiger partial charge in [-0.05, 0) is 50.1 Å². The third-order valence-corrected chi connectivity index (χ3v) is 8.21. The zero-order chi connectivity index (χ0) is 22.3. The number of nitro benzene ring substituents is 1.